The molecule has 3 rings (SSSR count). The minimum atomic E-state index is -4.99. The van der Waals surface area contributed by atoms with Gasteiger partial charge in [-0.2, -0.15) is 13.2 Å². The van der Waals surface area contributed by atoms with Crippen molar-refractivity contribution in [1.82, 2.24) is 5.32 Å². The molecule has 1 aromatic heterocycles. The Labute approximate surface area is 199 Å². The van der Waals surface area contributed by atoms with Crippen molar-refractivity contribution in [2.45, 2.75) is 19.1 Å². The number of hydrogen-bond acceptors (Lipinski definition) is 4. The summed E-state index contributed by atoms with van der Waals surface area (Å²) in [4.78, 5) is 12.7. The van der Waals surface area contributed by atoms with Gasteiger partial charge in [-0.1, -0.05) is 28.1 Å². The van der Waals surface area contributed by atoms with E-state index in [1.165, 1.54) is 19.1 Å². The second-order valence-corrected chi connectivity index (χ2v) is 9.95. The standard InChI is InChI=1S/C21H16BrF5N2O4S/c1-10(12-7-15(23)18(16(24)8-12)29-34(2,31)32)28-20(30)14-9-17(33-19(14)21(25,26)27)11-3-5-13(22)6-4-11/h3-10,29H,1-2H3,(H,28,30). The number of carbonyl (C=O) groups excluding carboxylic acids is 1. The molecule has 2 N–H and O–H groups in total. The first-order chi connectivity index (χ1) is 15.7. The first kappa shape index (κ1) is 25.7. The van der Waals surface area contributed by atoms with Crippen molar-refractivity contribution in [3.05, 3.63) is 75.5 Å². The van der Waals surface area contributed by atoms with E-state index in [9.17, 15) is 35.2 Å². The Morgan fingerprint density at radius 2 is 1.62 bits per heavy atom. The zero-order valence-electron chi connectivity index (χ0n) is 17.4. The average molecular weight is 567 g/mol. The zero-order chi connectivity index (χ0) is 25.4. The maximum Gasteiger partial charge on any atom is 0.450 e. The van der Waals surface area contributed by atoms with E-state index in [1.54, 1.807) is 16.9 Å². The largest absolute Gasteiger partial charge is 0.451 e. The molecule has 13 heteroatoms. The minimum absolute atomic E-state index is 0.146. The smallest absolute Gasteiger partial charge is 0.450 e. The molecule has 0 radical (unpaired) electrons. The van der Waals surface area contributed by atoms with Crippen LogP contribution in [0.3, 0.4) is 0 Å². The Bertz CT molecular complexity index is 1320. The van der Waals surface area contributed by atoms with E-state index in [2.05, 4.69) is 21.2 Å². The summed E-state index contributed by atoms with van der Waals surface area (Å²) < 4.78 is 98.9. The van der Waals surface area contributed by atoms with Crippen molar-refractivity contribution in [1.29, 1.82) is 0 Å². The van der Waals surface area contributed by atoms with Gasteiger partial charge < -0.3 is 9.73 Å². The number of sulfonamides is 1. The Kier molecular flexibility index (Phi) is 7.08. The van der Waals surface area contributed by atoms with Gasteiger partial charge in [-0.05, 0) is 42.8 Å². The third-order valence-corrected chi connectivity index (χ3v) is 5.67. The molecule has 0 aliphatic rings. The van der Waals surface area contributed by atoms with Crippen molar-refractivity contribution in [2.24, 2.45) is 0 Å². The lowest BCUT2D eigenvalue weighted by molar-refractivity contribution is -0.153. The van der Waals surface area contributed by atoms with Crippen LogP contribution >= 0.6 is 15.9 Å². The molecule has 182 valence electrons. The van der Waals surface area contributed by atoms with Gasteiger partial charge in [0.15, 0.2) is 11.6 Å². The highest BCUT2D eigenvalue weighted by Crippen LogP contribution is 2.37. The van der Waals surface area contributed by atoms with Crippen LogP contribution in [0, 0.1) is 11.6 Å². The fraction of sp³-hybridized carbons (Fsp3) is 0.190. The van der Waals surface area contributed by atoms with Crippen LogP contribution in [0.15, 0.2) is 51.4 Å². The van der Waals surface area contributed by atoms with E-state index in [0.717, 1.165) is 18.2 Å². The number of nitrogens with one attached hydrogen (secondary N) is 2. The van der Waals surface area contributed by atoms with Crippen molar-refractivity contribution in [3.8, 4) is 11.3 Å². The lowest BCUT2D eigenvalue weighted by atomic mass is 10.1. The molecule has 1 atom stereocenters. The van der Waals surface area contributed by atoms with Crippen molar-refractivity contribution >= 4 is 37.5 Å². The molecule has 0 fully saturated rings. The molecular formula is C21H16BrF5N2O4S. The maximum atomic E-state index is 14.3. The van der Waals surface area contributed by atoms with Gasteiger partial charge in [0.1, 0.15) is 11.4 Å². The number of furan rings is 1. The quantitative estimate of drug-likeness (QED) is 0.365. The fourth-order valence-corrected chi connectivity index (χ4v) is 3.84. The van der Waals surface area contributed by atoms with E-state index in [1.807, 2.05) is 0 Å². The van der Waals surface area contributed by atoms with E-state index in [-0.39, 0.29) is 11.3 Å². The van der Waals surface area contributed by atoms with Crippen LogP contribution < -0.4 is 10.0 Å². The van der Waals surface area contributed by atoms with Crippen LogP contribution in [0.4, 0.5) is 27.6 Å². The predicted molar refractivity (Wildman–Crippen MR) is 118 cm³/mol. The topological polar surface area (TPSA) is 88.4 Å². The summed E-state index contributed by atoms with van der Waals surface area (Å²) in [6, 6.07) is 7.45. The number of alkyl halides is 3. The number of anilines is 1. The zero-order valence-corrected chi connectivity index (χ0v) is 19.8. The van der Waals surface area contributed by atoms with Gasteiger partial charge in [0.2, 0.25) is 15.8 Å². The predicted octanol–water partition coefficient (Wildman–Crippen LogP) is 5.87. The molecule has 0 saturated heterocycles. The summed E-state index contributed by atoms with van der Waals surface area (Å²) in [7, 11) is -3.97. The third kappa shape index (κ3) is 5.95. The van der Waals surface area contributed by atoms with Crippen molar-refractivity contribution in [3.63, 3.8) is 0 Å². The Morgan fingerprint density at radius 1 is 1.06 bits per heavy atom. The number of benzene rings is 2. The molecule has 1 amide bonds. The summed E-state index contributed by atoms with van der Waals surface area (Å²) in [6.07, 6.45) is -4.28. The van der Waals surface area contributed by atoms with Gasteiger partial charge in [-0.25, -0.2) is 17.2 Å². The van der Waals surface area contributed by atoms with Gasteiger partial charge in [-0.15, -0.1) is 0 Å². The summed E-state index contributed by atoms with van der Waals surface area (Å²) >= 11 is 3.21. The summed E-state index contributed by atoms with van der Waals surface area (Å²) in [5.41, 5.74) is -1.59. The van der Waals surface area contributed by atoms with Crippen LogP contribution in [-0.2, 0) is 16.2 Å². The average Bonchev–Trinajstić information content (AvgIpc) is 3.16. The number of hydrogen-bond donors (Lipinski definition) is 2. The third-order valence-electron chi connectivity index (χ3n) is 4.56. The molecule has 6 nitrogen and oxygen atoms in total. The van der Waals surface area contributed by atoms with Gasteiger partial charge >= 0.3 is 6.18 Å². The molecule has 3 aromatic rings. The molecule has 34 heavy (non-hydrogen) atoms. The SMILES string of the molecule is CC(NC(=O)c1cc(-c2ccc(Br)cc2)oc1C(F)(F)F)c1cc(F)c(NS(C)(=O)=O)c(F)c1. The minimum Gasteiger partial charge on any atom is -0.451 e. The van der Waals surface area contributed by atoms with E-state index >= 15 is 0 Å². The molecule has 2 aromatic carbocycles. The van der Waals surface area contributed by atoms with Crippen molar-refractivity contribution in [2.75, 3.05) is 11.0 Å². The normalized spacial score (nSPS) is 12.9. The molecule has 1 unspecified atom stereocenters. The van der Waals surface area contributed by atoms with E-state index in [0.29, 0.717) is 16.3 Å². The maximum absolute atomic E-state index is 14.3. The summed E-state index contributed by atoms with van der Waals surface area (Å²) in [5.74, 6) is -5.45. The number of rotatable bonds is 6. The van der Waals surface area contributed by atoms with Crippen LogP contribution in [-0.4, -0.2) is 20.6 Å². The first-order valence-corrected chi connectivity index (χ1v) is 12.1. The first-order valence-electron chi connectivity index (χ1n) is 9.40. The number of carbonyl (C=O) groups is 1. The number of amides is 1. The van der Waals surface area contributed by atoms with Crippen LogP contribution in [0.5, 0.6) is 0 Å². The molecule has 0 bridgehead atoms. The van der Waals surface area contributed by atoms with Crippen LogP contribution in [0.2, 0.25) is 0 Å². The van der Waals surface area contributed by atoms with E-state index < -0.39 is 56.8 Å². The number of halogens is 6. The van der Waals surface area contributed by atoms with Crippen LogP contribution in [0.25, 0.3) is 11.3 Å². The lowest BCUT2D eigenvalue weighted by Gasteiger charge is -2.16. The summed E-state index contributed by atoms with van der Waals surface area (Å²) in [5, 5.41) is 2.24. The van der Waals surface area contributed by atoms with Gasteiger partial charge in [0.05, 0.1) is 17.9 Å². The molecular weight excluding hydrogens is 551 g/mol. The molecule has 0 aliphatic carbocycles. The lowest BCUT2D eigenvalue weighted by Crippen LogP contribution is -2.28. The highest BCUT2D eigenvalue weighted by molar-refractivity contribution is 9.10. The molecule has 1 heterocycles. The van der Waals surface area contributed by atoms with Gasteiger partial charge in [0, 0.05) is 10.0 Å². The second-order valence-electron chi connectivity index (χ2n) is 7.29. The molecule has 0 aliphatic heterocycles. The second kappa shape index (κ2) is 9.37. The summed E-state index contributed by atoms with van der Waals surface area (Å²) in [6.45, 7) is 1.29. The Balaban J connectivity index is 1.91. The highest BCUT2D eigenvalue weighted by atomic mass is 79.9. The van der Waals surface area contributed by atoms with Crippen molar-refractivity contribution < 1.29 is 39.6 Å². The van der Waals surface area contributed by atoms with Gasteiger partial charge in [0.25, 0.3) is 5.91 Å². The fourth-order valence-electron chi connectivity index (χ4n) is 3.01. The van der Waals surface area contributed by atoms with Crippen LogP contribution in [0.1, 0.15) is 34.6 Å². The van der Waals surface area contributed by atoms with Gasteiger partial charge in [-0.3, -0.25) is 9.52 Å². The Hall–Kier alpha value is -2.93. The molecule has 0 saturated carbocycles. The Morgan fingerprint density at radius 3 is 2.12 bits per heavy atom. The van der Waals surface area contributed by atoms with E-state index in [4.69, 9.17) is 4.42 Å². The molecule has 0 spiro atoms. The monoisotopic (exact) mass is 566 g/mol. The highest BCUT2D eigenvalue weighted by Gasteiger charge is 2.40.